The number of nitriles is 1. The lowest BCUT2D eigenvalue weighted by Gasteiger charge is -2.04. The molecule has 23 heavy (non-hydrogen) atoms. The van der Waals surface area contributed by atoms with Crippen molar-refractivity contribution in [3.63, 3.8) is 0 Å². The van der Waals surface area contributed by atoms with Crippen molar-refractivity contribution in [2.24, 2.45) is 4.99 Å². The number of nitrogens with zero attached hydrogens (tertiary/aromatic N) is 4. The van der Waals surface area contributed by atoms with Gasteiger partial charge in [-0.25, -0.2) is 4.79 Å². The van der Waals surface area contributed by atoms with Crippen LogP contribution in [0.4, 0.5) is 9.80 Å². The third kappa shape index (κ3) is 4.02. The highest BCUT2D eigenvalue weighted by molar-refractivity contribution is 7.12. The molecule has 1 aromatic carbocycles. The number of hydrogen-bond donors (Lipinski definition) is 1. The zero-order valence-electron chi connectivity index (χ0n) is 12.2. The maximum Gasteiger partial charge on any atom is 0.343 e. The first kappa shape index (κ1) is 16.4. The van der Waals surface area contributed by atoms with Gasteiger partial charge >= 0.3 is 11.0 Å². The molecule has 8 nitrogen and oxygen atoms in total. The molecule has 0 bridgehead atoms. The van der Waals surface area contributed by atoms with Crippen LogP contribution in [-0.2, 0) is 6.54 Å². The van der Waals surface area contributed by atoms with Crippen molar-refractivity contribution < 1.29 is 9.72 Å². The van der Waals surface area contributed by atoms with Gasteiger partial charge in [-0.05, 0) is 29.9 Å². The molecule has 0 unspecified atom stereocenters. The van der Waals surface area contributed by atoms with Crippen LogP contribution in [0.15, 0.2) is 35.5 Å². The van der Waals surface area contributed by atoms with Gasteiger partial charge in [0.15, 0.2) is 0 Å². The Morgan fingerprint density at radius 3 is 2.91 bits per heavy atom. The van der Waals surface area contributed by atoms with E-state index in [2.05, 4.69) is 16.4 Å². The Morgan fingerprint density at radius 2 is 2.26 bits per heavy atom. The third-order valence-corrected chi connectivity index (χ3v) is 3.86. The molecular weight excluding hydrogens is 318 g/mol. The van der Waals surface area contributed by atoms with Crippen molar-refractivity contribution in [3.8, 4) is 6.07 Å². The van der Waals surface area contributed by atoms with Gasteiger partial charge in [-0.1, -0.05) is 18.2 Å². The topological polar surface area (TPSA) is 113 Å². The number of carbonyl (C=O) groups is 1. The zero-order valence-corrected chi connectivity index (χ0v) is 13.0. The monoisotopic (exact) mass is 331 g/mol. The molecule has 0 radical (unpaired) electrons. The lowest BCUT2D eigenvalue weighted by atomic mass is 10.1. The quantitative estimate of drug-likeness (QED) is 0.681. The first-order valence-corrected chi connectivity index (χ1v) is 7.52. The SMILES string of the molecule is CCNC(=O)N=c1sc([N+](=O)[O-])cn1Cc1ccccc1C#N. The lowest BCUT2D eigenvalue weighted by molar-refractivity contribution is -0.380. The molecule has 2 amide bonds. The number of thiazole rings is 1. The molecule has 0 aliphatic heterocycles. The van der Waals surface area contributed by atoms with E-state index < -0.39 is 11.0 Å². The summed E-state index contributed by atoms with van der Waals surface area (Å²) in [5, 5.41) is 22.5. The van der Waals surface area contributed by atoms with Gasteiger partial charge in [0.05, 0.1) is 29.3 Å². The van der Waals surface area contributed by atoms with Crippen LogP contribution in [-0.4, -0.2) is 22.1 Å². The van der Waals surface area contributed by atoms with Crippen LogP contribution < -0.4 is 10.1 Å². The Morgan fingerprint density at radius 1 is 1.52 bits per heavy atom. The molecule has 0 saturated carbocycles. The van der Waals surface area contributed by atoms with Crippen LogP contribution in [0, 0.1) is 21.4 Å². The second kappa shape index (κ2) is 7.33. The summed E-state index contributed by atoms with van der Waals surface area (Å²) in [5.41, 5.74) is 1.16. The van der Waals surface area contributed by atoms with Crippen molar-refractivity contribution in [2.45, 2.75) is 13.5 Å². The van der Waals surface area contributed by atoms with E-state index in [-0.39, 0.29) is 16.3 Å². The van der Waals surface area contributed by atoms with Gasteiger partial charge in [-0.2, -0.15) is 10.3 Å². The molecule has 0 atom stereocenters. The molecule has 2 rings (SSSR count). The molecule has 0 aliphatic rings. The van der Waals surface area contributed by atoms with E-state index in [0.717, 1.165) is 11.3 Å². The van der Waals surface area contributed by atoms with E-state index in [0.29, 0.717) is 17.7 Å². The van der Waals surface area contributed by atoms with Gasteiger partial charge in [0.1, 0.15) is 0 Å². The fourth-order valence-corrected chi connectivity index (χ4v) is 2.68. The lowest BCUT2D eigenvalue weighted by Crippen LogP contribution is -2.24. The minimum atomic E-state index is -0.563. The fraction of sp³-hybridized carbons (Fsp3) is 0.214. The van der Waals surface area contributed by atoms with Gasteiger partial charge in [0, 0.05) is 6.54 Å². The number of rotatable bonds is 4. The van der Waals surface area contributed by atoms with Crippen LogP contribution >= 0.6 is 11.3 Å². The maximum atomic E-state index is 11.6. The van der Waals surface area contributed by atoms with E-state index in [1.807, 2.05) is 0 Å². The first-order valence-electron chi connectivity index (χ1n) is 6.70. The van der Waals surface area contributed by atoms with Crippen molar-refractivity contribution in [1.82, 2.24) is 9.88 Å². The van der Waals surface area contributed by atoms with Gasteiger partial charge in [0.2, 0.25) is 4.80 Å². The average molecular weight is 331 g/mol. The van der Waals surface area contributed by atoms with Crippen molar-refractivity contribution in [2.75, 3.05) is 6.54 Å². The first-order chi connectivity index (χ1) is 11.0. The Kier molecular flexibility index (Phi) is 5.22. The molecule has 1 N–H and O–H groups in total. The standard InChI is InChI=1S/C14H13N5O3S/c1-2-16-13(20)17-14-18(9-12(23-14)19(21)22)8-11-6-4-3-5-10(11)7-15/h3-6,9H,2,8H2,1H3,(H,16,20). The van der Waals surface area contributed by atoms with Crippen LogP contribution in [0.2, 0.25) is 0 Å². The normalized spacial score (nSPS) is 11.0. The number of benzene rings is 1. The van der Waals surface area contributed by atoms with Crippen LogP contribution in [0.25, 0.3) is 0 Å². The summed E-state index contributed by atoms with van der Waals surface area (Å²) in [5.74, 6) is 0. The molecule has 1 aromatic heterocycles. The van der Waals surface area contributed by atoms with E-state index >= 15 is 0 Å². The molecule has 0 saturated heterocycles. The number of aromatic nitrogens is 1. The highest BCUT2D eigenvalue weighted by Gasteiger charge is 2.14. The molecule has 0 fully saturated rings. The van der Waals surface area contributed by atoms with E-state index in [4.69, 9.17) is 5.26 Å². The van der Waals surface area contributed by atoms with Gasteiger partial charge in [-0.15, -0.1) is 0 Å². The zero-order chi connectivity index (χ0) is 16.8. The average Bonchev–Trinajstić information content (AvgIpc) is 2.91. The van der Waals surface area contributed by atoms with E-state index in [1.54, 1.807) is 31.2 Å². The number of nitrogens with one attached hydrogen (secondary N) is 1. The number of nitro groups is 1. The van der Waals surface area contributed by atoms with Crippen LogP contribution in [0.1, 0.15) is 18.1 Å². The molecule has 0 aliphatic carbocycles. The van der Waals surface area contributed by atoms with Gasteiger partial charge in [0.25, 0.3) is 0 Å². The van der Waals surface area contributed by atoms with Crippen molar-refractivity contribution >= 4 is 22.4 Å². The van der Waals surface area contributed by atoms with E-state index in [9.17, 15) is 14.9 Å². The number of urea groups is 1. The largest absolute Gasteiger partial charge is 0.343 e. The highest BCUT2D eigenvalue weighted by Crippen LogP contribution is 2.16. The summed E-state index contributed by atoms with van der Waals surface area (Å²) in [6.45, 7) is 2.38. The molecule has 118 valence electrons. The molecule has 2 aromatic rings. The third-order valence-electron chi connectivity index (χ3n) is 2.89. The minimum Gasteiger partial charge on any atom is -0.336 e. The van der Waals surface area contributed by atoms with Gasteiger partial charge in [-0.3, -0.25) is 10.1 Å². The summed E-state index contributed by atoms with van der Waals surface area (Å²) in [4.78, 5) is 26.1. The Labute approximate surface area is 135 Å². The predicted molar refractivity (Wildman–Crippen MR) is 83.9 cm³/mol. The Bertz CT molecular complexity index is 847. The van der Waals surface area contributed by atoms with Crippen molar-refractivity contribution in [3.05, 3.63) is 56.5 Å². The predicted octanol–water partition coefficient (Wildman–Crippen LogP) is 2.01. The van der Waals surface area contributed by atoms with Gasteiger partial charge < -0.3 is 9.88 Å². The summed E-state index contributed by atoms with van der Waals surface area (Å²) in [7, 11) is 0. The molecule has 9 heteroatoms. The van der Waals surface area contributed by atoms with E-state index in [1.165, 1.54) is 10.8 Å². The highest BCUT2D eigenvalue weighted by atomic mass is 32.1. The summed E-state index contributed by atoms with van der Waals surface area (Å²) >= 11 is 0.808. The number of hydrogen-bond acceptors (Lipinski definition) is 5. The second-order valence-corrected chi connectivity index (χ2v) is 5.44. The Hall–Kier alpha value is -2.99. The summed E-state index contributed by atoms with van der Waals surface area (Å²) < 4.78 is 1.49. The molecular formula is C14H13N5O3S. The fourth-order valence-electron chi connectivity index (χ4n) is 1.88. The smallest absolute Gasteiger partial charge is 0.336 e. The minimum absolute atomic E-state index is 0.123. The molecule has 0 spiro atoms. The summed E-state index contributed by atoms with van der Waals surface area (Å²) in [6.07, 6.45) is 1.32. The van der Waals surface area contributed by atoms with Crippen molar-refractivity contribution in [1.29, 1.82) is 5.26 Å². The maximum absolute atomic E-state index is 11.6. The number of amides is 2. The molecule has 1 heterocycles. The van der Waals surface area contributed by atoms with Crippen LogP contribution in [0.3, 0.4) is 0 Å². The number of carbonyl (C=O) groups excluding carboxylic acids is 1. The van der Waals surface area contributed by atoms with Crippen LogP contribution in [0.5, 0.6) is 0 Å². The Balaban J connectivity index is 2.47. The second-order valence-electron chi connectivity index (χ2n) is 4.45. The summed E-state index contributed by atoms with van der Waals surface area (Å²) in [6, 6.07) is 8.44.